The summed E-state index contributed by atoms with van der Waals surface area (Å²) >= 11 is 0. The summed E-state index contributed by atoms with van der Waals surface area (Å²) in [6.45, 7) is -0.525. The minimum absolute atomic E-state index is 0.143. The number of nitrogens with zero attached hydrogens (tertiary/aromatic N) is 3. The van der Waals surface area contributed by atoms with Crippen LogP contribution in [0.3, 0.4) is 0 Å². The SMILES string of the molecule is N#CCN(CC#N)C(=O)c1cc(O)ccc1O. The molecule has 0 atom stereocenters. The van der Waals surface area contributed by atoms with E-state index in [9.17, 15) is 15.0 Å². The molecule has 0 spiro atoms. The molecule has 6 nitrogen and oxygen atoms in total. The van der Waals surface area contributed by atoms with Crippen LogP contribution >= 0.6 is 0 Å². The lowest BCUT2D eigenvalue weighted by Crippen LogP contribution is -2.31. The topological polar surface area (TPSA) is 108 Å². The number of carbonyl (C=O) groups is 1. The number of rotatable bonds is 3. The minimum atomic E-state index is -0.679. The molecule has 0 bridgehead atoms. The van der Waals surface area contributed by atoms with Gasteiger partial charge in [-0.15, -0.1) is 0 Å². The van der Waals surface area contributed by atoms with E-state index in [1.807, 2.05) is 0 Å². The van der Waals surface area contributed by atoms with E-state index in [4.69, 9.17) is 10.5 Å². The Bertz CT molecular complexity index is 498. The number of amides is 1. The first kappa shape index (κ1) is 12.3. The molecule has 6 heteroatoms. The van der Waals surface area contributed by atoms with Crippen molar-refractivity contribution in [2.45, 2.75) is 0 Å². The Kier molecular flexibility index (Phi) is 3.91. The van der Waals surface area contributed by atoms with E-state index in [1.54, 1.807) is 12.1 Å². The Balaban J connectivity index is 3.06. The number of nitriles is 2. The second-order valence-corrected chi connectivity index (χ2v) is 3.18. The summed E-state index contributed by atoms with van der Waals surface area (Å²) in [4.78, 5) is 12.8. The molecule has 0 saturated heterocycles. The highest BCUT2D eigenvalue weighted by Crippen LogP contribution is 2.23. The standard InChI is InChI=1S/C11H9N3O3/c12-3-5-14(6-4-13)11(17)9-7-8(15)1-2-10(9)16/h1-2,7,15-16H,5-6H2. The van der Waals surface area contributed by atoms with Crippen LogP contribution in [0.15, 0.2) is 18.2 Å². The summed E-state index contributed by atoms with van der Waals surface area (Å²) < 4.78 is 0. The first-order valence-corrected chi connectivity index (χ1v) is 4.65. The predicted octanol–water partition coefficient (Wildman–Crippen LogP) is 0.587. The smallest absolute Gasteiger partial charge is 0.259 e. The van der Waals surface area contributed by atoms with Gasteiger partial charge in [0.25, 0.3) is 5.91 Å². The molecule has 0 heterocycles. The maximum Gasteiger partial charge on any atom is 0.259 e. The molecule has 17 heavy (non-hydrogen) atoms. The average molecular weight is 231 g/mol. The minimum Gasteiger partial charge on any atom is -0.508 e. The van der Waals surface area contributed by atoms with Gasteiger partial charge in [0, 0.05) is 0 Å². The van der Waals surface area contributed by atoms with E-state index in [2.05, 4.69) is 0 Å². The zero-order valence-electron chi connectivity index (χ0n) is 8.79. The fourth-order valence-electron chi connectivity index (χ4n) is 1.24. The highest BCUT2D eigenvalue weighted by Gasteiger charge is 2.19. The quantitative estimate of drug-likeness (QED) is 0.584. The van der Waals surface area contributed by atoms with Crippen molar-refractivity contribution in [3.05, 3.63) is 23.8 Å². The second-order valence-electron chi connectivity index (χ2n) is 3.18. The van der Waals surface area contributed by atoms with Crippen LogP contribution in [0.2, 0.25) is 0 Å². The lowest BCUT2D eigenvalue weighted by Gasteiger charge is -2.16. The molecule has 0 aliphatic carbocycles. The van der Waals surface area contributed by atoms with Crippen LogP contribution in [-0.4, -0.2) is 34.1 Å². The van der Waals surface area contributed by atoms with Gasteiger partial charge in [0.1, 0.15) is 24.6 Å². The van der Waals surface area contributed by atoms with E-state index in [1.165, 1.54) is 12.1 Å². The lowest BCUT2D eigenvalue weighted by atomic mass is 10.1. The normalized spacial score (nSPS) is 9.06. The second kappa shape index (κ2) is 5.38. The third kappa shape index (κ3) is 2.86. The molecular formula is C11H9N3O3. The molecular weight excluding hydrogens is 222 g/mol. The predicted molar refractivity (Wildman–Crippen MR) is 56.9 cm³/mol. The van der Waals surface area contributed by atoms with Crippen molar-refractivity contribution in [1.29, 1.82) is 10.5 Å². The molecule has 1 rings (SSSR count). The molecule has 0 aliphatic rings. The molecule has 0 saturated carbocycles. The summed E-state index contributed by atoms with van der Waals surface area (Å²) in [5.41, 5.74) is -0.143. The van der Waals surface area contributed by atoms with Crippen LogP contribution in [0.1, 0.15) is 10.4 Å². The Morgan fingerprint density at radius 1 is 1.24 bits per heavy atom. The largest absolute Gasteiger partial charge is 0.508 e. The first-order valence-electron chi connectivity index (χ1n) is 4.65. The van der Waals surface area contributed by atoms with Crippen LogP contribution in [0.5, 0.6) is 11.5 Å². The van der Waals surface area contributed by atoms with Gasteiger partial charge in [-0.1, -0.05) is 0 Å². The number of carbonyl (C=O) groups excluding carboxylic acids is 1. The van der Waals surface area contributed by atoms with Crippen molar-refractivity contribution in [2.75, 3.05) is 13.1 Å². The molecule has 1 aromatic carbocycles. The van der Waals surface area contributed by atoms with E-state index < -0.39 is 5.91 Å². The van der Waals surface area contributed by atoms with Crippen LogP contribution < -0.4 is 0 Å². The molecule has 0 radical (unpaired) electrons. The molecule has 0 fully saturated rings. The van der Waals surface area contributed by atoms with Gasteiger partial charge in [-0.05, 0) is 18.2 Å². The van der Waals surface area contributed by atoms with Gasteiger partial charge in [-0.25, -0.2) is 0 Å². The third-order valence-electron chi connectivity index (χ3n) is 2.02. The Morgan fingerprint density at radius 2 is 1.82 bits per heavy atom. The Labute approximate surface area is 97.6 Å². The van der Waals surface area contributed by atoms with Gasteiger partial charge >= 0.3 is 0 Å². The van der Waals surface area contributed by atoms with Crippen LogP contribution in [0.4, 0.5) is 0 Å². The molecule has 0 aliphatic heterocycles. The maximum absolute atomic E-state index is 11.9. The van der Waals surface area contributed by atoms with Gasteiger partial charge < -0.3 is 15.1 Å². The first-order chi connectivity index (χ1) is 8.10. The molecule has 1 aromatic rings. The fourth-order valence-corrected chi connectivity index (χ4v) is 1.24. The van der Waals surface area contributed by atoms with Crippen molar-refractivity contribution in [1.82, 2.24) is 4.90 Å². The van der Waals surface area contributed by atoms with Crippen molar-refractivity contribution in [3.63, 3.8) is 0 Å². The Hall–Kier alpha value is -2.73. The summed E-state index contributed by atoms with van der Waals surface area (Å²) in [6, 6.07) is 6.97. The fraction of sp³-hybridized carbons (Fsp3) is 0.182. The van der Waals surface area contributed by atoms with E-state index in [-0.39, 0.29) is 30.2 Å². The number of aromatic hydroxyl groups is 2. The monoisotopic (exact) mass is 231 g/mol. The maximum atomic E-state index is 11.9. The van der Waals surface area contributed by atoms with E-state index in [0.29, 0.717) is 0 Å². The molecule has 2 N–H and O–H groups in total. The summed E-state index contributed by atoms with van der Waals surface area (Å²) in [7, 11) is 0. The van der Waals surface area contributed by atoms with Crippen molar-refractivity contribution >= 4 is 5.91 Å². The highest BCUT2D eigenvalue weighted by atomic mass is 16.3. The number of hydrogen-bond acceptors (Lipinski definition) is 5. The van der Waals surface area contributed by atoms with Gasteiger partial charge in [-0.3, -0.25) is 4.79 Å². The summed E-state index contributed by atoms with van der Waals surface area (Å²) in [6.07, 6.45) is 0. The third-order valence-corrected chi connectivity index (χ3v) is 2.02. The zero-order chi connectivity index (χ0) is 12.8. The molecule has 86 valence electrons. The zero-order valence-corrected chi connectivity index (χ0v) is 8.79. The van der Waals surface area contributed by atoms with E-state index in [0.717, 1.165) is 11.0 Å². The highest BCUT2D eigenvalue weighted by molar-refractivity contribution is 5.97. The lowest BCUT2D eigenvalue weighted by molar-refractivity contribution is 0.0791. The number of phenolic OH excluding ortho intramolecular Hbond substituents is 2. The number of benzene rings is 1. The van der Waals surface area contributed by atoms with Gasteiger partial charge in [0.05, 0.1) is 17.7 Å². The van der Waals surface area contributed by atoms with Gasteiger partial charge in [0.15, 0.2) is 0 Å². The summed E-state index contributed by atoms with van der Waals surface area (Å²) in [5.74, 6) is -1.17. The van der Waals surface area contributed by atoms with Crippen molar-refractivity contribution in [2.24, 2.45) is 0 Å². The molecule has 0 aromatic heterocycles. The molecule has 0 unspecified atom stereocenters. The number of phenols is 2. The van der Waals surface area contributed by atoms with Crippen LogP contribution in [0, 0.1) is 22.7 Å². The van der Waals surface area contributed by atoms with Crippen LogP contribution in [-0.2, 0) is 0 Å². The Morgan fingerprint density at radius 3 is 2.35 bits per heavy atom. The van der Waals surface area contributed by atoms with Crippen molar-refractivity contribution in [3.8, 4) is 23.6 Å². The van der Waals surface area contributed by atoms with Gasteiger partial charge in [-0.2, -0.15) is 10.5 Å². The van der Waals surface area contributed by atoms with E-state index >= 15 is 0 Å². The van der Waals surface area contributed by atoms with Crippen molar-refractivity contribution < 1.29 is 15.0 Å². The van der Waals surface area contributed by atoms with Gasteiger partial charge in [0.2, 0.25) is 0 Å². The van der Waals surface area contributed by atoms with Crippen LogP contribution in [0.25, 0.3) is 0 Å². The molecule has 1 amide bonds. The average Bonchev–Trinajstić information content (AvgIpc) is 2.31. The number of hydrogen-bond donors (Lipinski definition) is 2. The summed E-state index contributed by atoms with van der Waals surface area (Å²) in [5, 5.41) is 35.7.